The monoisotopic (exact) mass is 424 g/mol. The van der Waals surface area contributed by atoms with E-state index in [1.165, 1.54) is 18.4 Å². The first-order valence-corrected chi connectivity index (χ1v) is 9.33. The van der Waals surface area contributed by atoms with Crippen molar-refractivity contribution in [2.45, 2.75) is 19.1 Å². The van der Waals surface area contributed by atoms with Crippen molar-refractivity contribution in [2.75, 3.05) is 19.4 Å². The second-order valence-electron chi connectivity index (χ2n) is 6.25. The molecule has 0 aliphatic carbocycles. The van der Waals surface area contributed by atoms with Crippen LogP contribution in [0.4, 0.5) is 19.1 Å². The van der Waals surface area contributed by atoms with E-state index in [2.05, 4.69) is 20.4 Å². The lowest BCUT2D eigenvalue weighted by Gasteiger charge is -2.09. The van der Waals surface area contributed by atoms with Crippen LogP contribution in [0.2, 0.25) is 0 Å². The third-order valence-electron chi connectivity index (χ3n) is 4.22. The normalized spacial score (nSPS) is 13.2. The van der Waals surface area contributed by atoms with Crippen LogP contribution in [0.1, 0.15) is 15.2 Å². The standard InChI is InChI=1S/C17H15F3N6O2S/c1-22-14(27)8-2-3-9-10(6-8)28-5-4-11-12(9)23-15(29-11)13-24-16(21)25-26(13)7-17(18,19)20/h2-3,6H,4-5,7H2,1H3,(H2,21,25)(H,22,27). The van der Waals surface area contributed by atoms with Crippen molar-refractivity contribution in [3.05, 3.63) is 28.6 Å². The third-order valence-corrected chi connectivity index (χ3v) is 5.33. The lowest BCUT2D eigenvalue weighted by Crippen LogP contribution is -2.19. The van der Waals surface area contributed by atoms with E-state index in [4.69, 9.17) is 10.5 Å². The predicted molar refractivity (Wildman–Crippen MR) is 99.6 cm³/mol. The Kier molecular flexibility index (Phi) is 4.65. The number of anilines is 1. The number of nitrogens with zero attached hydrogens (tertiary/aromatic N) is 4. The highest BCUT2D eigenvalue weighted by Crippen LogP contribution is 2.40. The molecule has 4 rings (SSSR count). The zero-order valence-corrected chi connectivity index (χ0v) is 15.9. The molecule has 1 aliphatic rings. The van der Waals surface area contributed by atoms with Gasteiger partial charge in [-0.2, -0.15) is 18.2 Å². The Labute approximate surface area is 166 Å². The summed E-state index contributed by atoms with van der Waals surface area (Å²) >= 11 is 1.22. The number of ether oxygens (including phenoxy) is 1. The maximum Gasteiger partial charge on any atom is 0.408 e. The van der Waals surface area contributed by atoms with E-state index in [0.717, 1.165) is 4.88 Å². The average Bonchev–Trinajstić information content (AvgIpc) is 3.18. The molecule has 0 atom stereocenters. The van der Waals surface area contributed by atoms with Gasteiger partial charge in [-0.15, -0.1) is 16.4 Å². The third kappa shape index (κ3) is 3.75. The summed E-state index contributed by atoms with van der Waals surface area (Å²) in [6, 6.07) is 4.97. The summed E-state index contributed by atoms with van der Waals surface area (Å²) in [4.78, 5) is 21.2. The van der Waals surface area contributed by atoms with Gasteiger partial charge in [-0.3, -0.25) is 4.79 Å². The van der Waals surface area contributed by atoms with Crippen LogP contribution in [-0.4, -0.2) is 45.5 Å². The van der Waals surface area contributed by atoms with Crippen molar-refractivity contribution < 1.29 is 22.7 Å². The van der Waals surface area contributed by atoms with Gasteiger partial charge in [-0.05, 0) is 18.2 Å². The van der Waals surface area contributed by atoms with E-state index in [-0.39, 0.29) is 22.7 Å². The molecule has 0 saturated carbocycles. The fraction of sp³-hybridized carbons (Fsp3) is 0.294. The van der Waals surface area contributed by atoms with Gasteiger partial charge < -0.3 is 15.8 Å². The van der Waals surface area contributed by atoms with Gasteiger partial charge in [-0.25, -0.2) is 9.67 Å². The number of aromatic nitrogens is 4. The minimum Gasteiger partial charge on any atom is -0.492 e. The molecule has 1 aromatic carbocycles. The van der Waals surface area contributed by atoms with E-state index in [9.17, 15) is 18.0 Å². The number of carbonyl (C=O) groups excluding carboxylic acids is 1. The molecule has 0 unspecified atom stereocenters. The van der Waals surface area contributed by atoms with E-state index in [1.54, 1.807) is 18.2 Å². The van der Waals surface area contributed by atoms with Crippen LogP contribution in [0.15, 0.2) is 18.2 Å². The molecule has 8 nitrogen and oxygen atoms in total. The van der Waals surface area contributed by atoms with Crippen molar-refractivity contribution in [3.63, 3.8) is 0 Å². The van der Waals surface area contributed by atoms with E-state index in [0.29, 0.717) is 40.3 Å². The molecular formula is C17H15F3N6O2S. The Morgan fingerprint density at radius 1 is 1.38 bits per heavy atom. The minimum atomic E-state index is -4.47. The highest BCUT2D eigenvalue weighted by atomic mass is 32.1. The zero-order valence-electron chi connectivity index (χ0n) is 15.1. The number of amides is 1. The Hall–Kier alpha value is -3.15. The number of rotatable bonds is 3. The second kappa shape index (κ2) is 7.03. The molecule has 152 valence electrons. The van der Waals surface area contributed by atoms with Crippen LogP contribution >= 0.6 is 11.3 Å². The number of thiazole rings is 1. The van der Waals surface area contributed by atoms with Gasteiger partial charge in [0.05, 0.1) is 12.3 Å². The van der Waals surface area contributed by atoms with Gasteiger partial charge in [0, 0.05) is 29.5 Å². The molecule has 12 heteroatoms. The molecule has 2 aromatic heterocycles. The molecule has 0 bridgehead atoms. The average molecular weight is 424 g/mol. The summed E-state index contributed by atoms with van der Waals surface area (Å²) in [6.45, 7) is -0.970. The summed E-state index contributed by atoms with van der Waals surface area (Å²) in [5, 5.41) is 6.47. The SMILES string of the molecule is CNC(=O)c1ccc2c(c1)OCCc1sc(-c3nc(N)nn3CC(F)(F)F)nc1-2. The van der Waals surface area contributed by atoms with Crippen molar-refractivity contribution in [3.8, 4) is 27.8 Å². The fourth-order valence-corrected chi connectivity index (χ4v) is 4.05. The molecule has 3 aromatic rings. The first kappa shape index (κ1) is 19.2. The van der Waals surface area contributed by atoms with E-state index in [1.807, 2.05) is 0 Å². The van der Waals surface area contributed by atoms with Crippen LogP contribution in [-0.2, 0) is 13.0 Å². The molecule has 3 N–H and O–H groups in total. The number of benzene rings is 1. The van der Waals surface area contributed by atoms with Crippen molar-refractivity contribution in [1.82, 2.24) is 25.1 Å². The maximum atomic E-state index is 12.9. The summed E-state index contributed by atoms with van der Waals surface area (Å²) in [6.07, 6.45) is -3.96. The van der Waals surface area contributed by atoms with Crippen molar-refractivity contribution in [2.24, 2.45) is 0 Å². The van der Waals surface area contributed by atoms with E-state index >= 15 is 0 Å². The topological polar surface area (TPSA) is 108 Å². The highest BCUT2D eigenvalue weighted by molar-refractivity contribution is 7.15. The molecule has 0 saturated heterocycles. The summed E-state index contributed by atoms with van der Waals surface area (Å²) < 4.78 is 45.0. The van der Waals surface area contributed by atoms with Gasteiger partial charge in [0.2, 0.25) is 5.95 Å². The highest BCUT2D eigenvalue weighted by Gasteiger charge is 2.32. The number of nitrogens with one attached hydrogen (secondary N) is 1. The maximum absolute atomic E-state index is 12.9. The van der Waals surface area contributed by atoms with Crippen molar-refractivity contribution in [1.29, 1.82) is 0 Å². The van der Waals surface area contributed by atoms with Gasteiger partial charge >= 0.3 is 6.18 Å². The lowest BCUT2D eigenvalue weighted by molar-refractivity contribution is -0.142. The summed E-state index contributed by atoms with van der Waals surface area (Å²) in [7, 11) is 1.53. The smallest absolute Gasteiger partial charge is 0.408 e. The lowest BCUT2D eigenvalue weighted by atomic mass is 10.1. The fourth-order valence-electron chi connectivity index (χ4n) is 3.00. The number of fused-ring (bicyclic) bond motifs is 3. The molecular weight excluding hydrogens is 409 g/mol. The first-order chi connectivity index (χ1) is 13.7. The zero-order chi connectivity index (χ0) is 20.8. The summed E-state index contributed by atoms with van der Waals surface area (Å²) in [5.41, 5.74) is 7.20. The van der Waals surface area contributed by atoms with E-state index < -0.39 is 12.7 Å². The predicted octanol–water partition coefficient (Wildman–Crippen LogP) is 2.51. The molecule has 0 fully saturated rings. The number of hydrogen-bond acceptors (Lipinski definition) is 7. The number of nitrogen functional groups attached to an aromatic ring is 1. The van der Waals surface area contributed by atoms with Crippen LogP contribution in [0.3, 0.4) is 0 Å². The van der Waals surface area contributed by atoms with Gasteiger partial charge in [0.1, 0.15) is 12.3 Å². The van der Waals surface area contributed by atoms with Crippen LogP contribution in [0, 0.1) is 0 Å². The molecule has 3 heterocycles. The molecule has 1 aliphatic heterocycles. The quantitative estimate of drug-likeness (QED) is 0.669. The van der Waals surface area contributed by atoms with Crippen LogP contribution in [0.25, 0.3) is 22.1 Å². The molecule has 0 radical (unpaired) electrons. The largest absolute Gasteiger partial charge is 0.492 e. The van der Waals surface area contributed by atoms with Gasteiger partial charge in [-0.1, -0.05) is 0 Å². The number of nitrogens with two attached hydrogens (primary N) is 1. The second-order valence-corrected chi connectivity index (χ2v) is 7.33. The molecule has 1 amide bonds. The van der Waals surface area contributed by atoms with Crippen LogP contribution in [0.5, 0.6) is 5.75 Å². The summed E-state index contributed by atoms with van der Waals surface area (Å²) in [5.74, 6) is -0.0653. The number of hydrogen-bond donors (Lipinski definition) is 2. The first-order valence-electron chi connectivity index (χ1n) is 8.51. The number of halogens is 3. The van der Waals surface area contributed by atoms with Gasteiger partial charge in [0.25, 0.3) is 5.91 Å². The van der Waals surface area contributed by atoms with Gasteiger partial charge in [0.15, 0.2) is 10.8 Å². The Bertz CT molecular complexity index is 1090. The minimum absolute atomic E-state index is 0.0395. The number of alkyl halides is 3. The Morgan fingerprint density at radius 3 is 2.90 bits per heavy atom. The Balaban J connectivity index is 1.78. The molecule has 29 heavy (non-hydrogen) atoms. The Morgan fingerprint density at radius 2 is 2.17 bits per heavy atom. The number of carbonyl (C=O) groups is 1. The van der Waals surface area contributed by atoms with Crippen molar-refractivity contribution >= 4 is 23.2 Å². The van der Waals surface area contributed by atoms with Crippen LogP contribution < -0.4 is 15.8 Å². The molecule has 0 spiro atoms.